The first kappa shape index (κ1) is 14.9. The van der Waals surface area contributed by atoms with Gasteiger partial charge in [-0.2, -0.15) is 5.10 Å². The lowest BCUT2D eigenvalue weighted by Gasteiger charge is -2.24. The number of hydrogen-bond donors (Lipinski definition) is 1. The van der Waals surface area contributed by atoms with E-state index in [1.165, 1.54) is 12.3 Å². The molecule has 0 spiro atoms. The van der Waals surface area contributed by atoms with Gasteiger partial charge in [-0.25, -0.2) is 4.39 Å². The average molecular weight is 298 g/mol. The van der Waals surface area contributed by atoms with Crippen LogP contribution in [0.25, 0.3) is 0 Å². The van der Waals surface area contributed by atoms with Crippen LogP contribution in [0, 0.1) is 12.7 Å². The normalized spacial score (nSPS) is 14.3. The molecule has 1 atom stereocenters. The summed E-state index contributed by atoms with van der Waals surface area (Å²) in [6, 6.07) is 1.28. The van der Waals surface area contributed by atoms with E-state index in [1.54, 1.807) is 11.6 Å². The molecule has 2 aromatic heterocycles. The lowest BCUT2D eigenvalue weighted by molar-refractivity contribution is 0.0547. The lowest BCUT2D eigenvalue weighted by atomic mass is 9.92. The summed E-state index contributed by atoms with van der Waals surface area (Å²) in [4.78, 5) is 3.77. The van der Waals surface area contributed by atoms with E-state index in [1.807, 2.05) is 13.8 Å². The van der Waals surface area contributed by atoms with Crippen molar-refractivity contribution in [2.24, 2.45) is 0 Å². The molecular formula is C14H17ClFN3O. The molecule has 0 aliphatic rings. The maximum absolute atomic E-state index is 13.2. The van der Waals surface area contributed by atoms with E-state index in [9.17, 15) is 9.50 Å². The van der Waals surface area contributed by atoms with E-state index in [-0.39, 0.29) is 6.42 Å². The Bertz CT molecular complexity index is 625. The SMILES string of the molecule is CCn1nc(C)c(Cl)c1CC(C)(O)c1cncc(F)c1. The summed E-state index contributed by atoms with van der Waals surface area (Å²) in [6.45, 7) is 6.03. The second-order valence-electron chi connectivity index (χ2n) is 5.00. The summed E-state index contributed by atoms with van der Waals surface area (Å²) in [5.74, 6) is -0.478. The van der Waals surface area contributed by atoms with Gasteiger partial charge in [0.2, 0.25) is 0 Å². The van der Waals surface area contributed by atoms with Crippen molar-refractivity contribution >= 4 is 11.6 Å². The Labute approximate surface area is 122 Å². The van der Waals surface area contributed by atoms with Gasteiger partial charge >= 0.3 is 0 Å². The second-order valence-corrected chi connectivity index (χ2v) is 5.38. The number of pyridine rings is 1. The van der Waals surface area contributed by atoms with Crippen molar-refractivity contribution in [3.05, 3.63) is 46.3 Å². The Morgan fingerprint density at radius 2 is 2.15 bits per heavy atom. The third kappa shape index (κ3) is 2.83. The van der Waals surface area contributed by atoms with E-state index >= 15 is 0 Å². The zero-order valence-electron chi connectivity index (χ0n) is 11.7. The van der Waals surface area contributed by atoms with Crippen LogP contribution in [0.2, 0.25) is 5.02 Å². The van der Waals surface area contributed by atoms with Crippen LogP contribution in [0.3, 0.4) is 0 Å². The number of aryl methyl sites for hydroxylation is 2. The summed E-state index contributed by atoms with van der Waals surface area (Å²) in [5, 5.41) is 15.5. The van der Waals surface area contributed by atoms with Crippen molar-refractivity contribution in [1.82, 2.24) is 14.8 Å². The molecule has 0 aliphatic carbocycles. The van der Waals surface area contributed by atoms with Crippen LogP contribution < -0.4 is 0 Å². The molecule has 0 bridgehead atoms. The first-order valence-electron chi connectivity index (χ1n) is 6.40. The first-order valence-corrected chi connectivity index (χ1v) is 6.78. The number of halogens is 2. The van der Waals surface area contributed by atoms with Crippen LogP contribution in [0.5, 0.6) is 0 Å². The number of hydrogen-bond acceptors (Lipinski definition) is 3. The largest absolute Gasteiger partial charge is 0.385 e. The Morgan fingerprint density at radius 1 is 1.45 bits per heavy atom. The summed E-state index contributed by atoms with van der Waals surface area (Å²) < 4.78 is 15.0. The number of aliphatic hydroxyl groups is 1. The van der Waals surface area contributed by atoms with Crippen molar-refractivity contribution < 1.29 is 9.50 Å². The molecule has 0 radical (unpaired) electrons. The molecule has 4 nitrogen and oxygen atoms in total. The highest BCUT2D eigenvalue weighted by atomic mass is 35.5. The molecule has 20 heavy (non-hydrogen) atoms. The van der Waals surface area contributed by atoms with Crippen LogP contribution in [0.1, 0.15) is 30.8 Å². The Balaban J connectivity index is 2.37. The standard InChI is InChI=1S/C14H17ClFN3O/c1-4-19-12(13(15)9(2)18-19)6-14(3,20)10-5-11(16)8-17-7-10/h5,7-8,20H,4,6H2,1-3H3. The molecule has 0 aromatic carbocycles. The minimum Gasteiger partial charge on any atom is -0.385 e. The minimum absolute atomic E-state index is 0.242. The molecule has 1 N–H and O–H groups in total. The maximum Gasteiger partial charge on any atom is 0.141 e. The predicted molar refractivity (Wildman–Crippen MR) is 75.1 cm³/mol. The minimum atomic E-state index is -1.27. The van der Waals surface area contributed by atoms with Gasteiger partial charge in [0.1, 0.15) is 5.82 Å². The fourth-order valence-electron chi connectivity index (χ4n) is 2.17. The Morgan fingerprint density at radius 3 is 2.75 bits per heavy atom. The number of nitrogens with zero attached hydrogens (tertiary/aromatic N) is 3. The van der Waals surface area contributed by atoms with E-state index in [0.29, 0.717) is 17.1 Å². The molecule has 1 unspecified atom stereocenters. The van der Waals surface area contributed by atoms with E-state index in [0.717, 1.165) is 17.6 Å². The molecule has 2 rings (SSSR count). The van der Waals surface area contributed by atoms with Gasteiger partial charge in [0.15, 0.2) is 0 Å². The van der Waals surface area contributed by atoms with E-state index in [4.69, 9.17) is 11.6 Å². The van der Waals surface area contributed by atoms with Crippen LogP contribution in [-0.2, 0) is 18.6 Å². The van der Waals surface area contributed by atoms with Gasteiger partial charge in [0.05, 0.1) is 28.2 Å². The van der Waals surface area contributed by atoms with Crippen LogP contribution >= 0.6 is 11.6 Å². The summed E-state index contributed by atoms with van der Waals surface area (Å²) in [7, 11) is 0. The maximum atomic E-state index is 13.2. The molecule has 108 valence electrons. The molecule has 2 aromatic rings. The van der Waals surface area contributed by atoms with Gasteiger partial charge in [0, 0.05) is 24.7 Å². The molecule has 0 saturated carbocycles. The highest BCUT2D eigenvalue weighted by molar-refractivity contribution is 6.31. The van der Waals surface area contributed by atoms with Crippen molar-refractivity contribution in [2.75, 3.05) is 0 Å². The summed E-state index contributed by atoms with van der Waals surface area (Å²) >= 11 is 6.23. The number of rotatable bonds is 4. The van der Waals surface area contributed by atoms with Gasteiger partial charge in [-0.3, -0.25) is 9.67 Å². The molecule has 2 heterocycles. The third-order valence-corrected chi connectivity index (χ3v) is 3.78. The highest BCUT2D eigenvalue weighted by Crippen LogP contribution is 2.30. The van der Waals surface area contributed by atoms with Crippen molar-refractivity contribution in [2.45, 2.75) is 39.3 Å². The van der Waals surface area contributed by atoms with E-state index in [2.05, 4.69) is 10.1 Å². The van der Waals surface area contributed by atoms with Gasteiger partial charge in [-0.15, -0.1) is 0 Å². The molecule has 0 amide bonds. The zero-order chi connectivity index (χ0) is 14.9. The average Bonchev–Trinajstić information content (AvgIpc) is 2.66. The fourth-order valence-corrected chi connectivity index (χ4v) is 2.37. The van der Waals surface area contributed by atoms with Gasteiger partial charge in [-0.1, -0.05) is 11.6 Å². The Kier molecular flexibility index (Phi) is 4.11. The van der Waals surface area contributed by atoms with Gasteiger partial charge < -0.3 is 5.11 Å². The predicted octanol–water partition coefficient (Wildman–Crippen LogP) is 2.85. The van der Waals surface area contributed by atoms with Crippen molar-refractivity contribution in [3.8, 4) is 0 Å². The topological polar surface area (TPSA) is 50.9 Å². The van der Waals surface area contributed by atoms with Gasteiger partial charge in [0.25, 0.3) is 0 Å². The summed E-state index contributed by atoms with van der Waals surface area (Å²) in [6.07, 6.45) is 2.80. The molecule has 0 saturated heterocycles. The van der Waals surface area contributed by atoms with Crippen molar-refractivity contribution in [1.29, 1.82) is 0 Å². The fraction of sp³-hybridized carbons (Fsp3) is 0.429. The zero-order valence-corrected chi connectivity index (χ0v) is 12.4. The first-order chi connectivity index (χ1) is 9.35. The Hall–Kier alpha value is -1.46. The summed E-state index contributed by atoms with van der Waals surface area (Å²) in [5.41, 5.74) is 0.602. The van der Waals surface area contributed by atoms with E-state index < -0.39 is 11.4 Å². The number of aromatic nitrogens is 3. The smallest absolute Gasteiger partial charge is 0.141 e. The third-order valence-electron chi connectivity index (χ3n) is 3.29. The quantitative estimate of drug-likeness (QED) is 0.944. The second kappa shape index (κ2) is 5.50. The molecule has 0 fully saturated rings. The lowest BCUT2D eigenvalue weighted by Crippen LogP contribution is -2.26. The molecule has 0 aliphatic heterocycles. The molecule has 6 heteroatoms. The van der Waals surface area contributed by atoms with Crippen LogP contribution in [0.15, 0.2) is 18.5 Å². The molecular weight excluding hydrogens is 281 g/mol. The highest BCUT2D eigenvalue weighted by Gasteiger charge is 2.28. The van der Waals surface area contributed by atoms with Crippen LogP contribution in [0.4, 0.5) is 4.39 Å². The van der Waals surface area contributed by atoms with Crippen molar-refractivity contribution in [3.63, 3.8) is 0 Å². The van der Waals surface area contributed by atoms with Gasteiger partial charge in [-0.05, 0) is 26.8 Å². The monoisotopic (exact) mass is 297 g/mol. The van der Waals surface area contributed by atoms with Crippen LogP contribution in [-0.4, -0.2) is 19.9 Å².